The molecular weight excluding hydrogens is 488 g/mol. The molecule has 10 heteroatoms. The highest BCUT2D eigenvalue weighted by Crippen LogP contribution is 2.13. The van der Waals surface area contributed by atoms with Crippen LogP contribution in [0.3, 0.4) is 0 Å². The summed E-state index contributed by atoms with van der Waals surface area (Å²) in [6.07, 6.45) is 3.02. The molecule has 2 aromatic heterocycles. The first-order valence-electron chi connectivity index (χ1n) is 11.9. The summed E-state index contributed by atoms with van der Waals surface area (Å²) in [4.78, 5) is 48.9. The number of rotatable bonds is 11. The van der Waals surface area contributed by atoms with E-state index in [9.17, 15) is 19.2 Å². The van der Waals surface area contributed by atoms with Gasteiger partial charge in [-0.2, -0.15) is 0 Å². The van der Waals surface area contributed by atoms with Crippen LogP contribution in [0.4, 0.5) is 11.4 Å². The smallest absolute Gasteiger partial charge is 0.251 e. The van der Waals surface area contributed by atoms with Gasteiger partial charge in [-0.15, -0.1) is 0 Å². The van der Waals surface area contributed by atoms with Crippen molar-refractivity contribution in [3.63, 3.8) is 0 Å². The van der Waals surface area contributed by atoms with Gasteiger partial charge in [-0.3, -0.25) is 19.2 Å². The molecule has 10 nitrogen and oxygen atoms in total. The Morgan fingerprint density at radius 1 is 0.553 bits per heavy atom. The van der Waals surface area contributed by atoms with E-state index >= 15 is 0 Å². The van der Waals surface area contributed by atoms with Crippen molar-refractivity contribution in [2.75, 3.05) is 10.6 Å². The quantitative estimate of drug-likeness (QED) is 0.237. The van der Waals surface area contributed by atoms with Crippen molar-refractivity contribution in [3.8, 4) is 0 Å². The van der Waals surface area contributed by atoms with E-state index in [4.69, 9.17) is 8.83 Å². The second-order valence-electron chi connectivity index (χ2n) is 8.28. The Balaban J connectivity index is 1.16. The van der Waals surface area contributed by atoms with Gasteiger partial charge in [-0.05, 0) is 72.8 Å². The molecule has 4 N–H and O–H groups in total. The monoisotopic (exact) mass is 514 g/mol. The molecule has 0 fully saturated rings. The predicted octanol–water partition coefficient (Wildman–Crippen LogP) is 4.09. The average molecular weight is 515 g/mol. The topological polar surface area (TPSA) is 143 Å². The molecule has 0 saturated carbocycles. The van der Waals surface area contributed by atoms with Gasteiger partial charge in [0.1, 0.15) is 11.5 Å². The highest BCUT2D eigenvalue weighted by molar-refractivity contribution is 5.98. The van der Waals surface area contributed by atoms with E-state index in [-0.39, 0.29) is 49.6 Å². The summed E-state index contributed by atoms with van der Waals surface area (Å²) in [6, 6.07) is 19.9. The SMILES string of the molecule is O=C(CCC(=O)Nc1ccc(C(=O)NCc2ccco2)cc1)Nc1ccc(C(=O)NCc2ccco2)cc1. The van der Waals surface area contributed by atoms with Crippen LogP contribution in [0.5, 0.6) is 0 Å². The summed E-state index contributed by atoms with van der Waals surface area (Å²) in [6.45, 7) is 0.552. The maximum Gasteiger partial charge on any atom is 0.251 e. The second-order valence-corrected chi connectivity index (χ2v) is 8.28. The first-order valence-corrected chi connectivity index (χ1v) is 11.9. The maximum absolute atomic E-state index is 12.3. The fourth-order valence-electron chi connectivity index (χ4n) is 3.45. The van der Waals surface area contributed by atoms with Crippen molar-refractivity contribution in [3.05, 3.63) is 108 Å². The van der Waals surface area contributed by atoms with E-state index in [1.54, 1.807) is 72.8 Å². The minimum Gasteiger partial charge on any atom is -0.467 e. The van der Waals surface area contributed by atoms with Gasteiger partial charge in [0.25, 0.3) is 11.8 Å². The summed E-state index contributed by atoms with van der Waals surface area (Å²) in [5, 5.41) is 10.9. The Morgan fingerprint density at radius 3 is 1.29 bits per heavy atom. The molecule has 0 atom stereocenters. The molecule has 2 aromatic carbocycles. The predicted molar refractivity (Wildman–Crippen MR) is 139 cm³/mol. The third-order valence-corrected chi connectivity index (χ3v) is 5.45. The molecule has 38 heavy (non-hydrogen) atoms. The van der Waals surface area contributed by atoms with Crippen molar-refractivity contribution in [1.29, 1.82) is 0 Å². The number of carbonyl (C=O) groups excluding carboxylic acids is 4. The fourth-order valence-corrected chi connectivity index (χ4v) is 3.45. The largest absolute Gasteiger partial charge is 0.467 e. The van der Waals surface area contributed by atoms with E-state index in [1.165, 1.54) is 12.5 Å². The Bertz CT molecular complexity index is 1250. The Morgan fingerprint density at radius 2 is 0.947 bits per heavy atom. The van der Waals surface area contributed by atoms with Crippen LogP contribution in [-0.4, -0.2) is 23.6 Å². The van der Waals surface area contributed by atoms with Crippen LogP contribution >= 0.6 is 0 Å². The van der Waals surface area contributed by atoms with Gasteiger partial charge in [0.05, 0.1) is 25.6 Å². The number of nitrogens with one attached hydrogen (secondary N) is 4. The van der Waals surface area contributed by atoms with Gasteiger partial charge >= 0.3 is 0 Å². The minimum atomic E-state index is -0.334. The van der Waals surface area contributed by atoms with Crippen molar-refractivity contribution in [1.82, 2.24) is 10.6 Å². The Hall–Kier alpha value is -5.12. The molecule has 4 amide bonds. The Labute approximate surface area is 218 Å². The van der Waals surface area contributed by atoms with Crippen LogP contribution in [0.2, 0.25) is 0 Å². The number of furan rings is 2. The van der Waals surface area contributed by atoms with E-state index in [0.717, 1.165) is 0 Å². The van der Waals surface area contributed by atoms with Crippen LogP contribution in [-0.2, 0) is 22.7 Å². The highest BCUT2D eigenvalue weighted by Gasteiger charge is 2.11. The lowest BCUT2D eigenvalue weighted by Crippen LogP contribution is -2.22. The van der Waals surface area contributed by atoms with E-state index < -0.39 is 0 Å². The molecular formula is C28H26N4O6. The maximum atomic E-state index is 12.3. The molecule has 0 spiro atoms. The van der Waals surface area contributed by atoms with Gasteiger partial charge in [0.2, 0.25) is 11.8 Å². The van der Waals surface area contributed by atoms with Crippen LogP contribution in [0.15, 0.2) is 94.2 Å². The summed E-state index contributed by atoms with van der Waals surface area (Å²) in [7, 11) is 0. The minimum absolute atomic E-state index is 0.0233. The number of carbonyl (C=O) groups is 4. The molecule has 0 unspecified atom stereocenters. The standard InChI is InChI=1S/C28H26N4O6/c33-25(31-21-9-5-19(6-10-21)27(35)29-17-23-3-1-15-37-23)13-14-26(34)32-22-11-7-20(8-12-22)28(36)30-18-24-4-2-16-38-24/h1-12,15-16H,13-14,17-18H2,(H,29,35)(H,30,36)(H,31,33)(H,32,34). The summed E-state index contributed by atoms with van der Waals surface area (Å²) in [5.74, 6) is 0.0925. The van der Waals surface area contributed by atoms with E-state index in [2.05, 4.69) is 21.3 Å². The summed E-state index contributed by atoms with van der Waals surface area (Å²) in [5.41, 5.74) is 1.91. The molecule has 0 aliphatic rings. The van der Waals surface area contributed by atoms with Gasteiger partial charge in [-0.1, -0.05) is 0 Å². The molecule has 0 bridgehead atoms. The molecule has 4 rings (SSSR count). The van der Waals surface area contributed by atoms with Crippen molar-refractivity contribution in [2.24, 2.45) is 0 Å². The zero-order chi connectivity index (χ0) is 26.7. The molecule has 0 aliphatic carbocycles. The van der Waals surface area contributed by atoms with Crippen LogP contribution in [0.25, 0.3) is 0 Å². The molecule has 0 saturated heterocycles. The lowest BCUT2D eigenvalue weighted by molar-refractivity contribution is -0.121. The fraction of sp³-hybridized carbons (Fsp3) is 0.143. The van der Waals surface area contributed by atoms with Gasteiger partial charge < -0.3 is 30.1 Å². The zero-order valence-electron chi connectivity index (χ0n) is 20.4. The summed E-state index contributed by atoms with van der Waals surface area (Å²) < 4.78 is 10.4. The molecule has 4 aromatic rings. The highest BCUT2D eigenvalue weighted by atomic mass is 16.3. The molecule has 194 valence electrons. The van der Waals surface area contributed by atoms with Gasteiger partial charge in [0, 0.05) is 35.3 Å². The van der Waals surface area contributed by atoms with E-state index in [1.807, 2.05) is 0 Å². The first kappa shape index (κ1) is 26.0. The van der Waals surface area contributed by atoms with Gasteiger partial charge in [0.15, 0.2) is 0 Å². The van der Waals surface area contributed by atoms with Crippen molar-refractivity contribution < 1.29 is 28.0 Å². The van der Waals surface area contributed by atoms with Gasteiger partial charge in [-0.25, -0.2) is 0 Å². The van der Waals surface area contributed by atoms with Crippen LogP contribution in [0, 0.1) is 0 Å². The normalized spacial score (nSPS) is 10.4. The third kappa shape index (κ3) is 7.69. The van der Waals surface area contributed by atoms with Crippen molar-refractivity contribution >= 4 is 35.0 Å². The number of amides is 4. The third-order valence-electron chi connectivity index (χ3n) is 5.45. The molecule has 2 heterocycles. The lowest BCUT2D eigenvalue weighted by Gasteiger charge is -2.08. The number of benzene rings is 2. The van der Waals surface area contributed by atoms with Crippen LogP contribution in [0.1, 0.15) is 45.1 Å². The lowest BCUT2D eigenvalue weighted by atomic mass is 10.1. The average Bonchev–Trinajstić information content (AvgIpc) is 3.65. The number of hydrogen-bond donors (Lipinski definition) is 4. The Kier molecular flexibility index (Phi) is 8.69. The zero-order valence-corrected chi connectivity index (χ0v) is 20.4. The van der Waals surface area contributed by atoms with Crippen molar-refractivity contribution in [2.45, 2.75) is 25.9 Å². The molecule has 0 radical (unpaired) electrons. The first-order chi connectivity index (χ1) is 18.5. The second kappa shape index (κ2) is 12.7. The number of hydrogen-bond acceptors (Lipinski definition) is 6. The van der Waals surface area contributed by atoms with E-state index in [0.29, 0.717) is 34.0 Å². The van der Waals surface area contributed by atoms with Crippen LogP contribution < -0.4 is 21.3 Å². The summed E-state index contributed by atoms with van der Waals surface area (Å²) >= 11 is 0. The number of anilines is 2. The molecule has 0 aliphatic heterocycles.